The van der Waals surface area contributed by atoms with Gasteiger partial charge in [-0.2, -0.15) is 0 Å². The van der Waals surface area contributed by atoms with Crippen LogP contribution < -0.4 is 5.32 Å². The number of para-hydroxylation sites is 1. The molecular formula is C15H22N2O. The van der Waals surface area contributed by atoms with Gasteiger partial charge in [-0.25, -0.2) is 0 Å². The van der Waals surface area contributed by atoms with Gasteiger partial charge in [-0.05, 0) is 38.4 Å². The van der Waals surface area contributed by atoms with Gasteiger partial charge in [-0.15, -0.1) is 0 Å². The van der Waals surface area contributed by atoms with Crippen LogP contribution in [0.1, 0.15) is 19.4 Å². The van der Waals surface area contributed by atoms with Crippen molar-refractivity contribution in [3.63, 3.8) is 0 Å². The fourth-order valence-electron chi connectivity index (χ4n) is 2.15. The Balaban J connectivity index is 1.83. The second kappa shape index (κ2) is 6.57. The highest BCUT2D eigenvalue weighted by atomic mass is 16.5. The number of hydrogen-bond acceptors (Lipinski definition) is 2. The summed E-state index contributed by atoms with van der Waals surface area (Å²) < 4.78 is 5.38. The molecule has 0 aliphatic rings. The summed E-state index contributed by atoms with van der Waals surface area (Å²) >= 11 is 0. The van der Waals surface area contributed by atoms with Gasteiger partial charge in [-0.3, -0.25) is 0 Å². The van der Waals surface area contributed by atoms with E-state index < -0.39 is 0 Å². The molecule has 2 rings (SSSR count). The predicted molar refractivity (Wildman–Crippen MR) is 76.0 cm³/mol. The number of aromatic nitrogens is 1. The number of aromatic amines is 1. The Hall–Kier alpha value is -1.32. The molecule has 2 aromatic rings. The van der Waals surface area contributed by atoms with Crippen molar-refractivity contribution in [2.75, 3.05) is 19.8 Å². The van der Waals surface area contributed by atoms with Crippen molar-refractivity contribution in [1.82, 2.24) is 10.3 Å². The lowest BCUT2D eigenvalue weighted by Gasteiger charge is -2.13. The van der Waals surface area contributed by atoms with Gasteiger partial charge in [0, 0.05) is 29.7 Å². The van der Waals surface area contributed by atoms with Gasteiger partial charge in [0.1, 0.15) is 0 Å². The van der Waals surface area contributed by atoms with Crippen molar-refractivity contribution < 1.29 is 4.74 Å². The molecule has 1 unspecified atom stereocenters. The standard InChI is InChI=1S/C15H22N2O/c1-3-18-11-12(2)16-9-8-13-10-17-15-7-5-4-6-14(13)15/h4-7,10,12,16-17H,3,8-9,11H2,1-2H3. The largest absolute Gasteiger partial charge is 0.380 e. The Morgan fingerprint density at radius 1 is 1.33 bits per heavy atom. The van der Waals surface area contributed by atoms with Crippen molar-refractivity contribution in [3.8, 4) is 0 Å². The quantitative estimate of drug-likeness (QED) is 0.788. The summed E-state index contributed by atoms with van der Waals surface area (Å²) in [5, 5.41) is 4.81. The first-order valence-electron chi connectivity index (χ1n) is 6.67. The molecule has 0 fully saturated rings. The summed E-state index contributed by atoms with van der Waals surface area (Å²) in [4.78, 5) is 3.31. The van der Waals surface area contributed by atoms with Crippen molar-refractivity contribution in [2.24, 2.45) is 0 Å². The first-order chi connectivity index (χ1) is 8.81. The van der Waals surface area contributed by atoms with E-state index in [4.69, 9.17) is 4.74 Å². The third-order valence-electron chi connectivity index (χ3n) is 3.13. The number of benzene rings is 1. The molecule has 0 aliphatic heterocycles. The Bertz CT molecular complexity index is 478. The maximum absolute atomic E-state index is 5.38. The van der Waals surface area contributed by atoms with E-state index in [-0.39, 0.29) is 0 Å². The average molecular weight is 246 g/mol. The van der Waals surface area contributed by atoms with E-state index in [0.717, 1.165) is 26.2 Å². The van der Waals surface area contributed by atoms with Gasteiger partial charge in [-0.1, -0.05) is 18.2 Å². The molecule has 1 aromatic carbocycles. The van der Waals surface area contributed by atoms with Gasteiger partial charge in [0.05, 0.1) is 6.61 Å². The minimum Gasteiger partial charge on any atom is -0.380 e. The van der Waals surface area contributed by atoms with Crippen LogP contribution in [0.25, 0.3) is 10.9 Å². The van der Waals surface area contributed by atoms with E-state index in [2.05, 4.69) is 47.7 Å². The van der Waals surface area contributed by atoms with Crippen molar-refractivity contribution in [3.05, 3.63) is 36.0 Å². The SMILES string of the molecule is CCOCC(C)NCCc1c[nH]c2ccccc12. The highest BCUT2D eigenvalue weighted by Gasteiger charge is 2.04. The summed E-state index contributed by atoms with van der Waals surface area (Å²) in [6.07, 6.45) is 3.15. The molecule has 0 aliphatic carbocycles. The molecule has 0 saturated carbocycles. The van der Waals surface area contributed by atoms with Gasteiger partial charge >= 0.3 is 0 Å². The molecule has 1 aromatic heterocycles. The Labute approximate surface area is 109 Å². The predicted octanol–water partition coefficient (Wildman–Crippen LogP) is 2.73. The van der Waals surface area contributed by atoms with E-state index in [1.165, 1.54) is 16.5 Å². The van der Waals surface area contributed by atoms with Crippen LogP contribution in [0.2, 0.25) is 0 Å². The molecule has 3 heteroatoms. The molecular weight excluding hydrogens is 224 g/mol. The normalized spacial score (nSPS) is 13.0. The highest BCUT2D eigenvalue weighted by molar-refractivity contribution is 5.83. The number of nitrogens with one attached hydrogen (secondary N) is 2. The van der Waals surface area contributed by atoms with Crippen molar-refractivity contribution in [1.29, 1.82) is 0 Å². The van der Waals surface area contributed by atoms with Crippen molar-refractivity contribution >= 4 is 10.9 Å². The zero-order valence-corrected chi connectivity index (χ0v) is 11.2. The Morgan fingerprint density at radius 2 is 2.17 bits per heavy atom. The second-order valence-electron chi connectivity index (χ2n) is 4.62. The zero-order chi connectivity index (χ0) is 12.8. The van der Waals surface area contributed by atoms with Gasteiger partial charge < -0.3 is 15.0 Å². The topological polar surface area (TPSA) is 37.0 Å². The second-order valence-corrected chi connectivity index (χ2v) is 4.62. The van der Waals surface area contributed by atoms with Gasteiger partial charge in [0.2, 0.25) is 0 Å². The minimum atomic E-state index is 0.412. The molecule has 0 radical (unpaired) electrons. The van der Waals surface area contributed by atoms with Crippen LogP contribution in [0, 0.1) is 0 Å². The van der Waals surface area contributed by atoms with E-state index in [1.54, 1.807) is 0 Å². The summed E-state index contributed by atoms with van der Waals surface area (Å²) in [5.74, 6) is 0. The summed E-state index contributed by atoms with van der Waals surface area (Å²) in [7, 11) is 0. The van der Waals surface area contributed by atoms with Crippen LogP contribution in [0.15, 0.2) is 30.5 Å². The smallest absolute Gasteiger partial charge is 0.0616 e. The van der Waals surface area contributed by atoms with Crippen LogP contribution >= 0.6 is 0 Å². The summed E-state index contributed by atoms with van der Waals surface area (Å²) in [6, 6.07) is 8.85. The zero-order valence-electron chi connectivity index (χ0n) is 11.2. The van der Waals surface area contributed by atoms with Crippen molar-refractivity contribution in [2.45, 2.75) is 26.3 Å². The van der Waals surface area contributed by atoms with Gasteiger partial charge in [0.25, 0.3) is 0 Å². The fraction of sp³-hybridized carbons (Fsp3) is 0.467. The fourth-order valence-corrected chi connectivity index (χ4v) is 2.15. The lowest BCUT2D eigenvalue weighted by atomic mass is 10.1. The van der Waals surface area contributed by atoms with Crippen LogP contribution in [-0.4, -0.2) is 30.8 Å². The minimum absolute atomic E-state index is 0.412. The average Bonchev–Trinajstić information content (AvgIpc) is 2.80. The lowest BCUT2D eigenvalue weighted by Crippen LogP contribution is -2.32. The molecule has 0 saturated heterocycles. The van der Waals surface area contributed by atoms with Crippen LogP contribution in [0.4, 0.5) is 0 Å². The number of H-pyrrole nitrogens is 1. The molecule has 1 atom stereocenters. The number of hydrogen-bond donors (Lipinski definition) is 2. The number of rotatable bonds is 7. The van der Waals surface area contributed by atoms with Crippen LogP contribution in [-0.2, 0) is 11.2 Å². The van der Waals surface area contributed by atoms with E-state index >= 15 is 0 Å². The monoisotopic (exact) mass is 246 g/mol. The summed E-state index contributed by atoms with van der Waals surface area (Å²) in [6.45, 7) is 6.73. The Morgan fingerprint density at radius 3 is 3.00 bits per heavy atom. The molecule has 2 N–H and O–H groups in total. The van der Waals surface area contributed by atoms with E-state index in [0.29, 0.717) is 6.04 Å². The number of fused-ring (bicyclic) bond motifs is 1. The Kier molecular flexibility index (Phi) is 4.79. The first-order valence-corrected chi connectivity index (χ1v) is 6.67. The third kappa shape index (κ3) is 3.34. The third-order valence-corrected chi connectivity index (χ3v) is 3.13. The van der Waals surface area contributed by atoms with E-state index in [1.807, 2.05) is 6.92 Å². The molecule has 0 bridgehead atoms. The lowest BCUT2D eigenvalue weighted by molar-refractivity contribution is 0.127. The molecule has 0 amide bonds. The van der Waals surface area contributed by atoms with Crippen LogP contribution in [0.3, 0.4) is 0 Å². The van der Waals surface area contributed by atoms with Gasteiger partial charge in [0.15, 0.2) is 0 Å². The molecule has 18 heavy (non-hydrogen) atoms. The van der Waals surface area contributed by atoms with Crippen LogP contribution in [0.5, 0.6) is 0 Å². The highest BCUT2D eigenvalue weighted by Crippen LogP contribution is 2.17. The molecule has 0 spiro atoms. The molecule has 98 valence electrons. The van der Waals surface area contributed by atoms with E-state index in [9.17, 15) is 0 Å². The summed E-state index contributed by atoms with van der Waals surface area (Å²) in [5.41, 5.74) is 2.59. The first kappa shape index (κ1) is 13.1. The molecule has 3 nitrogen and oxygen atoms in total. The maximum atomic E-state index is 5.38. The number of ether oxygens (including phenoxy) is 1. The maximum Gasteiger partial charge on any atom is 0.0616 e. The molecule has 1 heterocycles.